The molecule has 1 atom stereocenters. The molecule has 5 rings (SSSR count). The van der Waals surface area contributed by atoms with Crippen molar-refractivity contribution in [3.8, 4) is 17.2 Å². The van der Waals surface area contributed by atoms with Crippen molar-refractivity contribution in [1.29, 1.82) is 0 Å². The summed E-state index contributed by atoms with van der Waals surface area (Å²) in [5.74, 6) is 0.610. The number of hydrogen-bond donors (Lipinski definition) is 0. The van der Waals surface area contributed by atoms with Crippen LogP contribution in [0.4, 0.5) is 0 Å². The smallest absolute Gasteiger partial charge is 0.338 e. The van der Waals surface area contributed by atoms with E-state index in [0.29, 0.717) is 44.1 Å². The molecule has 43 heavy (non-hydrogen) atoms. The fourth-order valence-electron chi connectivity index (χ4n) is 5.53. The van der Waals surface area contributed by atoms with E-state index in [1.165, 1.54) is 11.3 Å². The maximum atomic E-state index is 14.3. The van der Waals surface area contributed by atoms with E-state index in [0.717, 1.165) is 32.6 Å². The Morgan fingerprint density at radius 1 is 1.07 bits per heavy atom. The van der Waals surface area contributed by atoms with Gasteiger partial charge in [0.2, 0.25) is 0 Å². The zero-order chi connectivity index (χ0) is 30.8. The quantitative estimate of drug-likeness (QED) is 0.167. The Balaban J connectivity index is 1.76. The summed E-state index contributed by atoms with van der Waals surface area (Å²) < 4.78 is 22.3. The number of carbonyl (C=O) groups excluding carboxylic acids is 1. The van der Waals surface area contributed by atoms with Gasteiger partial charge in [-0.3, -0.25) is 9.36 Å². The highest BCUT2D eigenvalue weighted by Gasteiger charge is 2.36. The van der Waals surface area contributed by atoms with Crippen molar-refractivity contribution in [1.82, 2.24) is 9.13 Å². The number of carbonyl (C=O) groups is 1. The number of allylic oxidation sites excluding steroid dienone is 1. The highest BCUT2D eigenvalue weighted by atomic mass is 127. The molecule has 0 saturated carbocycles. The number of esters is 1. The van der Waals surface area contributed by atoms with Crippen LogP contribution in [0.25, 0.3) is 11.8 Å². The molecule has 8 nitrogen and oxygen atoms in total. The Morgan fingerprint density at radius 2 is 1.81 bits per heavy atom. The van der Waals surface area contributed by atoms with E-state index in [4.69, 9.17) is 19.2 Å². The van der Waals surface area contributed by atoms with Crippen molar-refractivity contribution in [3.05, 3.63) is 106 Å². The molecule has 0 radical (unpaired) electrons. The van der Waals surface area contributed by atoms with Crippen LogP contribution in [0.5, 0.6) is 11.5 Å². The van der Waals surface area contributed by atoms with Gasteiger partial charge in [0.05, 0.1) is 36.6 Å². The lowest BCUT2D eigenvalue weighted by molar-refractivity contribution is -0.139. The number of nitrogens with zero attached hydrogens (tertiary/aromatic N) is 3. The molecule has 1 aliphatic heterocycles. The molecule has 4 aromatic rings. The number of methoxy groups -OCH3 is 2. The lowest BCUT2D eigenvalue weighted by atomic mass is 9.93. The molecular weight excluding hydrogens is 677 g/mol. The van der Waals surface area contributed by atoms with Gasteiger partial charge in [-0.1, -0.05) is 24.7 Å². The highest BCUT2D eigenvalue weighted by molar-refractivity contribution is 14.1. The molecule has 224 valence electrons. The number of ether oxygens (including phenoxy) is 3. The number of fused-ring (bicyclic) bond motifs is 1. The van der Waals surface area contributed by atoms with E-state index in [2.05, 4.69) is 71.3 Å². The Labute approximate surface area is 268 Å². The Hall–Kier alpha value is -3.64. The molecule has 0 bridgehead atoms. The van der Waals surface area contributed by atoms with E-state index in [9.17, 15) is 9.59 Å². The van der Waals surface area contributed by atoms with Gasteiger partial charge in [0.1, 0.15) is 17.5 Å². The minimum atomic E-state index is -0.803. The molecular formula is C33H34IN3O5S. The summed E-state index contributed by atoms with van der Waals surface area (Å²) in [6.45, 7) is 8.11. The molecule has 2 aromatic heterocycles. The zero-order valence-corrected chi connectivity index (χ0v) is 28.0. The van der Waals surface area contributed by atoms with Gasteiger partial charge in [0.25, 0.3) is 5.56 Å². The Morgan fingerprint density at radius 3 is 2.47 bits per heavy atom. The predicted octanol–water partition coefficient (Wildman–Crippen LogP) is 5.61. The third kappa shape index (κ3) is 5.82. The fraction of sp³-hybridized carbons (Fsp3) is 0.303. The molecule has 0 saturated heterocycles. The summed E-state index contributed by atoms with van der Waals surface area (Å²) in [5, 5.41) is 0. The van der Waals surface area contributed by atoms with Crippen LogP contribution in [0.1, 0.15) is 55.2 Å². The van der Waals surface area contributed by atoms with Crippen molar-refractivity contribution in [3.63, 3.8) is 0 Å². The third-order valence-electron chi connectivity index (χ3n) is 7.47. The molecule has 0 amide bonds. The highest BCUT2D eigenvalue weighted by Crippen LogP contribution is 2.38. The summed E-state index contributed by atoms with van der Waals surface area (Å²) in [4.78, 5) is 33.2. The first-order chi connectivity index (χ1) is 20.7. The summed E-state index contributed by atoms with van der Waals surface area (Å²) in [6, 6.07) is 15.0. The van der Waals surface area contributed by atoms with Gasteiger partial charge in [-0.05, 0) is 110 Å². The normalized spacial score (nSPS) is 14.9. The zero-order valence-electron chi connectivity index (χ0n) is 25.1. The average Bonchev–Trinajstić information content (AvgIpc) is 3.46. The first-order valence-electron chi connectivity index (χ1n) is 14.1. The van der Waals surface area contributed by atoms with Crippen molar-refractivity contribution < 1.29 is 19.0 Å². The van der Waals surface area contributed by atoms with E-state index in [1.54, 1.807) is 37.8 Å². The largest absolute Gasteiger partial charge is 0.497 e. The lowest BCUT2D eigenvalue weighted by Crippen LogP contribution is -2.40. The van der Waals surface area contributed by atoms with E-state index < -0.39 is 12.0 Å². The van der Waals surface area contributed by atoms with Crippen LogP contribution in [0.3, 0.4) is 0 Å². The molecule has 0 spiro atoms. The van der Waals surface area contributed by atoms with Crippen LogP contribution in [0, 0.1) is 17.4 Å². The second-order valence-corrected chi connectivity index (χ2v) is 12.4. The molecule has 0 fully saturated rings. The van der Waals surface area contributed by atoms with E-state index in [1.807, 2.05) is 19.1 Å². The van der Waals surface area contributed by atoms with Crippen LogP contribution in [0.15, 0.2) is 69.6 Å². The van der Waals surface area contributed by atoms with Gasteiger partial charge in [-0.2, -0.15) is 0 Å². The van der Waals surface area contributed by atoms with Crippen molar-refractivity contribution in [2.24, 2.45) is 4.99 Å². The van der Waals surface area contributed by atoms with Crippen molar-refractivity contribution in [2.45, 2.75) is 46.6 Å². The second-order valence-electron chi connectivity index (χ2n) is 10.2. The number of halogens is 1. The lowest BCUT2D eigenvalue weighted by Gasteiger charge is -2.27. The van der Waals surface area contributed by atoms with Crippen molar-refractivity contribution >= 4 is 46.0 Å². The van der Waals surface area contributed by atoms with Gasteiger partial charge in [-0.25, -0.2) is 9.79 Å². The van der Waals surface area contributed by atoms with Gasteiger partial charge < -0.3 is 18.8 Å². The number of thiazole rings is 1. The molecule has 2 aromatic carbocycles. The Bertz CT molecular complexity index is 1900. The van der Waals surface area contributed by atoms with Crippen LogP contribution < -0.4 is 24.4 Å². The topological polar surface area (TPSA) is 84.0 Å². The number of hydrogen-bond acceptors (Lipinski definition) is 7. The monoisotopic (exact) mass is 711 g/mol. The third-order valence-corrected chi connectivity index (χ3v) is 9.17. The molecule has 1 aliphatic rings. The summed E-state index contributed by atoms with van der Waals surface area (Å²) in [5.41, 5.74) is 5.42. The molecule has 0 unspecified atom stereocenters. The van der Waals surface area contributed by atoms with Crippen molar-refractivity contribution in [2.75, 3.05) is 20.8 Å². The minimum Gasteiger partial charge on any atom is -0.497 e. The first kappa shape index (κ1) is 30.8. The Kier molecular flexibility index (Phi) is 9.26. The first-order valence-corrected chi connectivity index (χ1v) is 16.0. The predicted molar refractivity (Wildman–Crippen MR) is 177 cm³/mol. The summed E-state index contributed by atoms with van der Waals surface area (Å²) in [6.07, 6.45) is 3.24. The maximum absolute atomic E-state index is 14.3. The molecule has 0 N–H and O–H groups in total. The van der Waals surface area contributed by atoms with E-state index >= 15 is 0 Å². The molecule has 0 aliphatic carbocycles. The number of benzene rings is 2. The van der Waals surface area contributed by atoms with E-state index in [-0.39, 0.29) is 12.2 Å². The number of aryl methyl sites for hydroxylation is 1. The van der Waals surface area contributed by atoms with Gasteiger partial charge in [-0.15, -0.1) is 0 Å². The summed E-state index contributed by atoms with van der Waals surface area (Å²) in [7, 11) is 3.15. The molecule has 3 heterocycles. The summed E-state index contributed by atoms with van der Waals surface area (Å²) >= 11 is 3.61. The van der Waals surface area contributed by atoms with Gasteiger partial charge in [0, 0.05) is 26.2 Å². The average molecular weight is 712 g/mol. The van der Waals surface area contributed by atoms with Crippen LogP contribution in [0.2, 0.25) is 0 Å². The van der Waals surface area contributed by atoms with Gasteiger partial charge >= 0.3 is 5.97 Å². The number of rotatable bonds is 9. The SMILES string of the molecule is CCCC1=C(C(=O)OCC)[C@@H](c2cc(OC)ccc2OC)n2c(s/c(=C\c3cc(C)n(-c4ccc(I)cc4)c3C)c2=O)=N1. The molecule has 10 heteroatoms. The fourth-order valence-corrected chi connectivity index (χ4v) is 6.90. The van der Waals surface area contributed by atoms with Crippen LogP contribution in [-0.2, 0) is 9.53 Å². The number of aromatic nitrogens is 2. The standard InChI is InChI=1S/C33H34IN3O5S/c1-7-9-26-29(32(39)42-8-2)30(25-18-24(40-5)14-15-27(25)41-6)37-31(38)28(43-33(37)35-26)17-21-16-19(3)36(20(21)4)23-12-10-22(34)11-13-23/h10-18,30H,7-9H2,1-6H3/b28-17-/t30-/m1/s1. The maximum Gasteiger partial charge on any atom is 0.338 e. The second kappa shape index (κ2) is 12.9. The minimum absolute atomic E-state index is 0.199. The van der Waals surface area contributed by atoms with Gasteiger partial charge in [0.15, 0.2) is 4.80 Å². The van der Waals surface area contributed by atoms with Crippen LogP contribution >= 0.6 is 33.9 Å². The van der Waals surface area contributed by atoms with Crippen LogP contribution in [-0.4, -0.2) is 35.9 Å².